The minimum Gasteiger partial charge on any atom is -0.469 e. The molecule has 6 heteroatoms. The maximum atomic E-state index is 11.1. The van der Waals surface area contributed by atoms with Crippen LogP contribution in [-0.2, 0) is 20.7 Å². The third kappa shape index (κ3) is 3.91. The summed E-state index contributed by atoms with van der Waals surface area (Å²) in [5.74, 6) is -0.188. The molecule has 2 rings (SSSR count). The molecular weight excluding hydrogens is 264 g/mol. The van der Waals surface area contributed by atoms with Gasteiger partial charge in [0, 0.05) is 32.0 Å². The molecule has 0 spiro atoms. The van der Waals surface area contributed by atoms with Gasteiger partial charge in [-0.3, -0.25) is 4.79 Å². The maximum Gasteiger partial charge on any atom is 0.305 e. The average molecular weight is 284 g/mol. The number of carbonyl (C=O) groups excluding carboxylic acids is 1. The molecule has 1 saturated heterocycles. The number of nitrogens with zero attached hydrogens (tertiary/aromatic N) is 2. The van der Waals surface area contributed by atoms with Crippen LogP contribution < -0.4 is 4.90 Å². The third-order valence-corrected chi connectivity index (χ3v) is 4.28. The highest BCUT2D eigenvalue weighted by Crippen LogP contribution is 2.25. The van der Waals surface area contributed by atoms with Crippen molar-refractivity contribution in [1.29, 1.82) is 0 Å². The van der Waals surface area contributed by atoms with Crippen molar-refractivity contribution in [2.75, 3.05) is 32.2 Å². The molecule has 0 radical (unpaired) electrons. The Morgan fingerprint density at radius 2 is 2.42 bits per heavy atom. The fourth-order valence-electron chi connectivity index (χ4n) is 2.19. The molecule has 0 amide bonds. The first-order chi connectivity index (χ1) is 9.22. The zero-order valence-electron chi connectivity index (χ0n) is 11.4. The zero-order valence-corrected chi connectivity index (χ0v) is 12.2. The van der Waals surface area contributed by atoms with Crippen LogP contribution in [0.4, 0.5) is 5.13 Å². The van der Waals surface area contributed by atoms with Gasteiger partial charge in [0.1, 0.15) is 0 Å². The molecule has 106 valence electrons. The summed E-state index contributed by atoms with van der Waals surface area (Å²) in [6.07, 6.45) is 3.59. The minimum absolute atomic E-state index is 0.188. The number of esters is 1. The van der Waals surface area contributed by atoms with Crippen LogP contribution in [0.5, 0.6) is 0 Å². The SMILES string of the molecule is COC(=O)CCc1csc(N2CCCC(OC)C2)n1. The average Bonchev–Trinajstić information content (AvgIpc) is 2.93. The summed E-state index contributed by atoms with van der Waals surface area (Å²) in [7, 11) is 3.17. The first kappa shape index (κ1) is 14.3. The van der Waals surface area contributed by atoms with E-state index in [1.165, 1.54) is 7.11 Å². The van der Waals surface area contributed by atoms with Gasteiger partial charge >= 0.3 is 5.97 Å². The van der Waals surface area contributed by atoms with Gasteiger partial charge in [0.15, 0.2) is 5.13 Å². The van der Waals surface area contributed by atoms with E-state index < -0.39 is 0 Å². The van der Waals surface area contributed by atoms with Gasteiger partial charge in [0.25, 0.3) is 0 Å². The Hall–Kier alpha value is -1.14. The van der Waals surface area contributed by atoms with Crippen molar-refractivity contribution in [2.45, 2.75) is 31.8 Å². The quantitative estimate of drug-likeness (QED) is 0.773. The lowest BCUT2D eigenvalue weighted by molar-refractivity contribution is -0.140. The summed E-state index contributed by atoms with van der Waals surface area (Å²) in [6.45, 7) is 1.93. The Balaban J connectivity index is 1.91. The first-order valence-electron chi connectivity index (χ1n) is 6.52. The van der Waals surface area contributed by atoms with Gasteiger partial charge in [-0.2, -0.15) is 0 Å². The fraction of sp³-hybridized carbons (Fsp3) is 0.692. The summed E-state index contributed by atoms with van der Waals surface area (Å²) >= 11 is 1.64. The molecule has 1 unspecified atom stereocenters. The van der Waals surface area contributed by atoms with E-state index in [4.69, 9.17) is 4.74 Å². The van der Waals surface area contributed by atoms with Gasteiger partial charge in [0.2, 0.25) is 0 Å². The summed E-state index contributed by atoms with van der Waals surface area (Å²) < 4.78 is 10.1. The molecule has 1 aliphatic heterocycles. The van der Waals surface area contributed by atoms with Gasteiger partial charge in [-0.15, -0.1) is 11.3 Å². The lowest BCUT2D eigenvalue weighted by atomic mass is 10.1. The third-order valence-electron chi connectivity index (χ3n) is 3.33. The predicted octanol–water partition coefficient (Wildman–Crippen LogP) is 1.86. The molecule has 5 nitrogen and oxygen atoms in total. The van der Waals surface area contributed by atoms with E-state index in [1.807, 2.05) is 5.38 Å². The van der Waals surface area contributed by atoms with Gasteiger partial charge in [-0.25, -0.2) is 4.98 Å². The molecule has 2 heterocycles. The van der Waals surface area contributed by atoms with E-state index >= 15 is 0 Å². The molecule has 1 fully saturated rings. The van der Waals surface area contributed by atoms with Crippen LogP contribution in [0.1, 0.15) is 25.0 Å². The van der Waals surface area contributed by atoms with Gasteiger partial charge in [0.05, 0.1) is 25.3 Å². The molecule has 0 aromatic carbocycles. The molecule has 19 heavy (non-hydrogen) atoms. The largest absolute Gasteiger partial charge is 0.469 e. The van der Waals surface area contributed by atoms with Crippen LogP contribution in [-0.4, -0.2) is 44.4 Å². The number of ether oxygens (including phenoxy) is 2. The number of hydrogen-bond donors (Lipinski definition) is 0. The Kier molecular flexibility index (Phi) is 5.15. The van der Waals surface area contributed by atoms with E-state index in [2.05, 4.69) is 14.6 Å². The summed E-state index contributed by atoms with van der Waals surface area (Å²) in [6, 6.07) is 0. The van der Waals surface area contributed by atoms with Crippen LogP contribution in [0.3, 0.4) is 0 Å². The van der Waals surface area contributed by atoms with Crippen molar-refractivity contribution in [3.8, 4) is 0 Å². The number of aromatic nitrogens is 1. The number of methoxy groups -OCH3 is 2. The first-order valence-corrected chi connectivity index (χ1v) is 7.40. The molecule has 0 N–H and O–H groups in total. The Morgan fingerprint density at radius 3 is 3.16 bits per heavy atom. The van der Waals surface area contributed by atoms with Gasteiger partial charge < -0.3 is 14.4 Å². The highest BCUT2D eigenvalue weighted by atomic mass is 32.1. The molecule has 1 aromatic heterocycles. The fourth-order valence-corrected chi connectivity index (χ4v) is 3.09. The number of piperidine rings is 1. The number of hydrogen-bond acceptors (Lipinski definition) is 6. The smallest absolute Gasteiger partial charge is 0.305 e. The van der Waals surface area contributed by atoms with E-state index in [0.717, 1.165) is 36.8 Å². The van der Waals surface area contributed by atoms with E-state index in [-0.39, 0.29) is 5.97 Å². The Labute approximate surface area is 117 Å². The lowest BCUT2D eigenvalue weighted by Crippen LogP contribution is -2.39. The van der Waals surface area contributed by atoms with Crippen LogP contribution >= 0.6 is 11.3 Å². The number of aryl methyl sites for hydroxylation is 1. The second kappa shape index (κ2) is 6.86. The van der Waals surface area contributed by atoms with Crippen molar-refractivity contribution in [1.82, 2.24) is 4.98 Å². The number of rotatable bonds is 5. The van der Waals surface area contributed by atoms with Crippen LogP contribution in [0.25, 0.3) is 0 Å². The van der Waals surface area contributed by atoms with Crippen LogP contribution in [0, 0.1) is 0 Å². The van der Waals surface area contributed by atoms with E-state index in [0.29, 0.717) is 18.9 Å². The summed E-state index contributed by atoms with van der Waals surface area (Å²) in [5, 5.41) is 3.05. The highest BCUT2D eigenvalue weighted by Gasteiger charge is 2.21. The maximum absolute atomic E-state index is 11.1. The zero-order chi connectivity index (χ0) is 13.7. The Bertz CT molecular complexity index is 422. The topological polar surface area (TPSA) is 51.7 Å². The highest BCUT2D eigenvalue weighted by molar-refractivity contribution is 7.13. The summed E-state index contributed by atoms with van der Waals surface area (Å²) in [5.41, 5.74) is 0.963. The Morgan fingerprint density at radius 1 is 1.58 bits per heavy atom. The number of carbonyl (C=O) groups is 1. The predicted molar refractivity (Wildman–Crippen MR) is 74.7 cm³/mol. The number of thiazole rings is 1. The van der Waals surface area contributed by atoms with Crippen molar-refractivity contribution < 1.29 is 14.3 Å². The molecule has 0 aliphatic carbocycles. The normalized spacial score (nSPS) is 19.5. The van der Waals surface area contributed by atoms with Crippen molar-refractivity contribution in [3.63, 3.8) is 0 Å². The van der Waals surface area contributed by atoms with Crippen molar-refractivity contribution in [3.05, 3.63) is 11.1 Å². The van der Waals surface area contributed by atoms with Gasteiger partial charge in [-0.05, 0) is 12.8 Å². The van der Waals surface area contributed by atoms with Gasteiger partial charge in [-0.1, -0.05) is 0 Å². The van der Waals surface area contributed by atoms with Crippen LogP contribution in [0.2, 0.25) is 0 Å². The lowest BCUT2D eigenvalue weighted by Gasteiger charge is -2.31. The summed E-state index contributed by atoms with van der Waals surface area (Å²) in [4.78, 5) is 18.0. The minimum atomic E-state index is -0.188. The second-order valence-electron chi connectivity index (χ2n) is 4.64. The van der Waals surface area contributed by atoms with Crippen molar-refractivity contribution in [2.24, 2.45) is 0 Å². The molecule has 0 bridgehead atoms. The molecule has 0 saturated carbocycles. The molecular formula is C13H20N2O3S. The molecule has 1 atom stereocenters. The van der Waals surface area contributed by atoms with Crippen molar-refractivity contribution >= 4 is 22.4 Å². The van der Waals surface area contributed by atoms with E-state index in [1.54, 1.807) is 18.4 Å². The number of anilines is 1. The van der Waals surface area contributed by atoms with E-state index in [9.17, 15) is 4.79 Å². The monoisotopic (exact) mass is 284 g/mol. The molecule has 1 aliphatic rings. The standard InChI is InChI=1S/C13H20N2O3S/c1-17-11-4-3-7-15(8-11)13-14-10(9-19-13)5-6-12(16)18-2/h9,11H,3-8H2,1-2H3. The van der Waals surface area contributed by atoms with Crippen LogP contribution in [0.15, 0.2) is 5.38 Å². The molecule has 1 aromatic rings. The second-order valence-corrected chi connectivity index (χ2v) is 5.48.